The van der Waals surface area contributed by atoms with E-state index >= 15 is 0 Å². The van der Waals surface area contributed by atoms with Crippen LogP contribution in [0.5, 0.6) is 0 Å². The number of rotatable bonds is 10. The predicted molar refractivity (Wildman–Crippen MR) is 163 cm³/mol. The van der Waals surface area contributed by atoms with E-state index in [1.807, 2.05) is 33.8 Å². The van der Waals surface area contributed by atoms with Crippen LogP contribution in [-0.4, -0.2) is 33.9 Å². The SMILES string of the molecule is CC(C)c1cc(-c2ncnc([Si](C)(C)C)n2)[c-]c2ccccc12.CCC(CC)C(=O)/C=C(\O)C(CC)CC.[Ir]. The molecule has 7 heteroatoms. The van der Waals surface area contributed by atoms with Crippen molar-refractivity contribution in [1.29, 1.82) is 0 Å². The number of nitrogens with zero attached hydrogens (tertiary/aromatic N) is 3. The molecule has 1 heterocycles. The molecule has 0 saturated heterocycles. The third-order valence-corrected chi connectivity index (χ3v) is 8.58. The largest absolute Gasteiger partial charge is 0.512 e. The first kappa shape index (κ1) is 34.8. The molecule has 0 aliphatic rings. The van der Waals surface area contributed by atoms with Crippen LogP contribution >= 0.6 is 0 Å². The molecule has 0 bridgehead atoms. The summed E-state index contributed by atoms with van der Waals surface area (Å²) in [7, 11) is -1.56. The van der Waals surface area contributed by atoms with Crippen molar-refractivity contribution < 1.29 is 30.0 Å². The van der Waals surface area contributed by atoms with E-state index in [0.29, 0.717) is 5.92 Å². The van der Waals surface area contributed by atoms with Crippen LogP contribution in [0.25, 0.3) is 22.2 Å². The molecule has 5 nitrogen and oxygen atoms in total. The summed E-state index contributed by atoms with van der Waals surface area (Å²) in [4.78, 5) is 25.2. The fraction of sp³-hybridized carbons (Fsp3) is 0.500. The third kappa shape index (κ3) is 9.73. The monoisotopic (exact) mass is 725 g/mol. The standard InChI is InChI=1S/C19H22N3Si.C13H24O2.Ir/c1-13(2)17-11-15(10-14-8-6-7-9-16(14)17)18-20-12-21-19(22-18)23(3,4)5;1-5-10(6-2)12(14)9-13(15)11(7-3)8-4;/h6-9,11-13H,1-5H3;9-11,14H,5-8H2,1-4H3;/q-1;;/b;12-9-;. The maximum absolute atomic E-state index is 11.7. The van der Waals surface area contributed by atoms with Crippen molar-refractivity contribution in [2.45, 2.75) is 92.8 Å². The summed E-state index contributed by atoms with van der Waals surface area (Å²) in [6, 6.07) is 14.0. The first-order valence-corrected chi connectivity index (χ1v) is 17.6. The number of carbonyl (C=O) groups excluding carboxylic acids is 1. The number of aliphatic hydroxyl groups is 1. The topological polar surface area (TPSA) is 76.0 Å². The Hall–Kier alpha value is -2.21. The number of hydrogen-bond donors (Lipinski definition) is 1. The minimum atomic E-state index is -1.56. The van der Waals surface area contributed by atoms with Gasteiger partial charge in [0, 0.05) is 38.0 Å². The van der Waals surface area contributed by atoms with E-state index in [-0.39, 0.29) is 43.5 Å². The molecule has 1 aromatic heterocycles. The number of ketones is 1. The maximum atomic E-state index is 11.7. The third-order valence-electron chi connectivity index (χ3n) is 6.99. The zero-order valence-corrected chi connectivity index (χ0v) is 28.5. The van der Waals surface area contributed by atoms with Crippen molar-refractivity contribution >= 4 is 30.1 Å². The molecule has 1 N–H and O–H groups in total. The number of allylic oxidation sites excluding steroid dienone is 2. The summed E-state index contributed by atoms with van der Waals surface area (Å²) in [6.07, 6.45) is 6.54. The van der Waals surface area contributed by atoms with Gasteiger partial charge in [0.25, 0.3) is 0 Å². The Morgan fingerprint density at radius 3 is 2.10 bits per heavy atom. The molecule has 2 aromatic carbocycles. The van der Waals surface area contributed by atoms with E-state index < -0.39 is 8.07 Å². The number of hydrogen-bond acceptors (Lipinski definition) is 5. The first-order chi connectivity index (χ1) is 18.0. The van der Waals surface area contributed by atoms with Gasteiger partial charge in [-0.15, -0.1) is 29.1 Å². The van der Waals surface area contributed by atoms with Gasteiger partial charge < -0.3 is 5.11 Å². The smallest absolute Gasteiger partial charge is 0.162 e. The van der Waals surface area contributed by atoms with Crippen molar-refractivity contribution in [3.8, 4) is 11.4 Å². The Labute approximate surface area is 250 Å². The van der Waals surface area contributed by atoms with E-state index in [4.69, 9.17) is 4.98 Å². The maximum Gasteiger partial charge on any atom is 0.162 e. The van der Waals surface area contributed by atoms with Crippen LogP contribution in [0, 0.1) is 17.9 Å². The van der Waals surface area contributed by atoms with Gasteiger partial charge in [-0.2, -0.15) is 0 Å². The molecule has 3 aromatic rings. The van der Waals surface area contributed by atoms with Crippen LogP contribution in [0.1, 0.15) is 78.7 Å². The van der Waals surface area contributed by atoms with Crippen LogP contribution in [0.15, 0.2) is 48.5 Å². The molecule has 0 aliphatic carbocycles. The Bertz CT molecular complexity index is 1230. The van der Waals surface area contributed by atoms with Gasteiger partial charge in [0.15, 0.2) is 5.78 Å². The molecule has 0 amide bonds. The second-order valence-electron chi connectivity index (χ2n) is 11.2. The van der Waals surface area contributed by atoms with Crippen LogP contribution in [0.2, 0.25) is 19.6 Å². The summed E-state index contributed by atoms with van der Waals surface area (Å²) in [5, 5.41) is 12.1. The van der Waals surface area contributed by atoms with Crippen molar-refractivity contribution in [3.05, 3.63) is 60.1 Å². The number of aliphatic hydroxyl groups excluding tert-OH is 1. The molecule has 0 unspecified atom stereocenters. The van der Waals surface area contributed by atoms with Crippen molar-refractivity contribution in [2.24, 2.45) is 11.8 Å². The van der Waals surface area contributed by atoms with Gasteiger partial charge in [-0.3, -0.25) is 14.8 Å². The Balaban J connectivity index is 0.000000418. The van der Waals surface area contributed by atoms with Crippen molar-refractivity contribution in [2.75, 3.05) is 0 Å². The van der Waals surface area contributed by atoms with E-state index in [1.165, 1.54) is 17.0 Å². The van der Waals surface area contributed by atoms with Gasteiger partial charge in [-0.1, -0.05) is 90.3 Å². The fourth-order valence-corrected chi connectivity index (χ4v) is 5.31. The van der Waals surface area contributed by atoms with Crippen LogP contribution in [0.4, 0.5) is 0 Å². The van der Waals surface area contributed by atoms with E-state index in [9.17, 15) is 9.90 Å². The first-order valence-electron chi connectivity index (χ1n) is 14.1. The second-order valence-corrected chi connectivity index (χ2v) is 16.2. The Kier molecular flexibility index (Phi) is 14.4. The molecule has 0 aliphatic heterocycles. The quantitative estimate of drug-likeness (QED) is 0.0993. The predicted octanol–water partition coefficient (Wildman–Crippen LogP) is 8.03. The van der Waals surface area contributed by atoms with Gasteiger partial charge in [-0.05, 0) is 31.6 Å². The molecule has 215 valence electrons. The fourth-order valence-electron chi connectivity index (χ4n) is 4.42. The van der Waals surface area contributed by atoms with Gasteiger partial charge >= 0.3 is 0 Å². The molecule has 0 saturated carbocycles. The second kappa shape index (κ2) is 16.1. The molecular weight excluding hydrogens is 679 g/mol. The summed E-state index contributed by atoms with van der Waals surface area (Å²) >= 11 is 0. The number of carbonyl (C=O) groups is 1. The zero-order chi connectivity index (χ0) is 28.5. The number of fused-ring (bicyclic) bond motifs is 1. The van der Waals surface area contributed by atoms with Crippen molar-refractivity contribution in [1.82, 2.24) is 15.0 Å². The Morgan fingerprint density at radius 2 is 1.56 bits per heavy atom. The minimum absolute atomic E-state index is 0. The minimum Gasteiger partial charge on any atom is -0.512 e. The van der Waals surface area contributed by atoms with Gasteiger partial charge in [-0.25, -0.2) is 4.98 Å². The van der Waals surface area contributed by atoms with Gasteiger partial charge in [0.2, 0.25) is 0 Å². The molecule has 0 atom stereocenters. The Morgan fingerprint density at radius 1 is 0.974 bits per heavy atom. The average molecular weight is 725 g/mol. The van der Waals surface area contributed by atoms with Gasteiger partial charge in [0.1, 0.15) is 19.8 Å². The van der Waals surface area contributed by atoms with E-state index in [1.54, 1.807) is 6.33 Å². The average Bonchev–Trinajstić information content (AvgIpc) is 2.89. The summed E-state index contributed by atoms with van der Waals surface area (Å²) in [5.74, 6) is 1.71. The molecule has 39 heavy (non-hydrogen) atoms. The van der Waals surface area contributed by atoms with E-state index in [2.05, 4.69) is 73.8 Å². The van der Waals surface area contributed by atoms with Crippen LogP contribution in [0.3, 0.4) is 0 Å². The zero-order valence-electron chi connectivity index (χ0n) is 25.1. The van der Waals surface area contributed by atoms with E-state index in [0.717, 1.165) is 47.9 Å². The molecule has 3 rings (SSSR count). The summed E-state index contributed by atoms with van der Waals surface area (Å²) in [5.41, 5.74) is 3.20. The summed E-state index contributed by atoms with van der Waals surface area (Å²) < 4.78 is 0. The van der Waals surface area contributed by atoms with Gasteiger partial charge in [0.05, 0.1) is 11.6 Å². The summed E-state index contributed by atoms with van der Waals surface area (Å²) in [6.45, 7) is 19.2. The normalized spacial score (nSPS) is 11.9. The molecular formula is C32H46IrN3O2Si-. The molecule has 1 radical (unpaired) electrons. The number of benzene rings is 2. The van der Waals surface area contributed by atoms with Crippen molar-refractivity contribution in [3.63, 3.8) is 0 Å². The van der Waals surface area contributed by atoms with Crippen LogP contribution < -0.4 is 5.45 Å². The molecule has 0 fully saturated rings. The molecule has 0 spiro atoms. The number of aromatic nitrogens is 3. The van der Waals surface area contributed by atoms with Crippen LogP contribution in [-0.2, 0) is 24.9 Å².